The zero-order valence-electron chi connectivity index (χ0n) is 16.1. The van der Waals surface area contributed by atoms with Gasteiger partial charge in [-0.15, -0.1) is 11.3 Å². The molecule has 0 aliphatic carbocycles. The lowest BCUT2D eigenvalue weighted by Crippen LogP contribution is -2.30. The SMILES string of the molecule is Cc1ccc(OCc2nc(C(=O)OC(C)C(=O)Nc3cc(F)ccc3F)cs2)cc1. The lowest BCUT2D eigenvalue weighted by molar-refractivity contribution is -0.123. The molecule has 1 amide bonds. The number of carbonyl (C=O) groups excluding carboxylic acids is 2. The van der Waals surface area contributed by atoms with E-state index < -0.39 is 29.6 Å². The maximum Gasteiger partial charge on any atom is 0.358 e. The van der Waals surface area contributed by atoms with Crippen molar-refractivity contribution in [3.8, 4) is 5.75 Å². The summed E-state index contributed by atoms with van der Waals surface area (Å²) < 4.78 is 37.5. The zero-order chi connectivity index (χ0) is 21.7. The van der Waals surface area contributed by atoms with Crippen molar-refractivity contribution in [2.24, 2.45) is 0 Å². The molecule has 0 saturated heterocycles. The average molecular weight is 432 g/mol. The Labute approximate surface area is 175 Å². The number of nitrogens with zero attached hydrogens (tertiary/aromatic N) is 1. The van der Waals surface area contributed by atoms with Crippen molar-refractivity contribution in [2.75, 3.05) is 5.32 Å². The van der Waals surface area contributed by atoms with Gasteiger partial charge in [-0.1, -0.05) is 17.7 Å². The third-order valence-electron chi connectivity index (χ3n) is 3.98. The van der Waals surface area contributed by atoms with Crippen molar-refractivity contribution < 1.29 is 27.8 Å². The highest BCUT2D eigenvalue weighted by Gasteiger charge is 2.22. The molecule has 1 N–H and O–H groups in total. The maximum absolute atomic E-state index is 13.6. The molecule has 0 spiro atoms. The van der Waals surface area contributed by atoms with E-state index in [9.17, 15) is 18.4 Å². The van der Waals surface area contributed by atoms with Crippen LogP contribution in [0.25, 0.3) is 0 Å². The second-order valence-electron chi connectivity index (χ2n) is 6.39. The maximum atomic E-state index is 13.6. The summed E-state index contributed by atoms with van der Waals surface area (Å²) in [4.78, 5) is 28.5. The normalized spacial score (nSPS) is 11.6. The van der Waals surface area contributed by atoms with E-state index in [1.165, 1.54) is 23.6 Å². The molecule has 0 aliphatic heterocycles. The van der Waals surface area contributed by atoms with E-state index in [2.05, 4.69) is 10.3 Å². The molecule has 1 unspecified atom stereocenters. The predicted molar refractivity (Wildman–Crippen MR) is 107 cm³/mol. The number of halogens is 2. The van der Waals surface area contributed by atoms with Gasteiger partial charge in [-0.2, -0.15) is 0 Å². The highest BCUT2D eigenvalue weighted by Crippen LogP contribution is 2.18. The summed E-state index contributed by atoms with van der Waals surface area (Å²) >= 11 is 1.21. The lowest BCUT2D eigenvalue weighted by atomic mass is 10.2. The van der Waals surface area contributed by atoms with Crippen molar-refractivity contribution in [1.82, 2.24) is 4.98 Å². The fraction of sp³-hybridized carbons (Fsp3) is 0.190. The van der Waals surface area contributed by atoms with Gasteiger partial charge in [0.15, 0.2) is 11.8 Å². The van der Waals surface area contributed by atoms with Crippen LogP contribution in [0.2, 0.25) is 0 Å². The summed E-state index contributed by atoms with van der Waals surface area (Å²) in [7, 11) is 0. The molecule has 2 aromatic carbocycles. The molecule has 0 aliphatic rings. The van der Waals surface area contributed by atoms with Gasteiger partial charge in [0.1, 0.15) is 29.0 Å². The van der Waals surface area contributed by atoms with E-state index in [0.717, 1.165) is 23.8 Å². The van der Waals surface area contributed by atoms with Crippen LogP contribution in [0, 0.1) is 18.6 Å². The molecule has 156 valence electrons. The molecule has 1 atom stereocenters. The smallest absolute Gasteiger partial charge is 0.358 e. The number of rotatable bonds is 7. The van der Waals surface area contributed by atoms with Crippen molar-refractivity contribution in [3.05, 3.63) is 75.7 Å². The van der Waals surface area contributed by atoms with Crippen LogP contribution in [-0.4, -0.2) is 23.0 Å². The molecular weight excluding hydrogens is 414 g/mol. The van der Waals surface area contributed by atoms with E-state index in [1.54, 1.807) is 0 Å². The minimum Gasteiger partial charge on any atom is -0.486 e. The van der Waals surface area contributed by atoms with Crippen molar-refractivity contribution in [2.45, 2.75) is 26.6 Å². The van der Waals surface area contributed by atoms with E-state index in [0.29, 0.717) is 10.8 Å². The minimum atomic E-state index is -1.24. The Balaban J connectivity index is 1.54. The summed E-state index contributed by atoms with van der Waals surface area (Å²) in [5, 5.41) is 4.24. The third kappa shape index (κ3) is 5.60. The van der Waals surface area contributed by atoms with Crippen LogP contribution in [0.5, 0.6) is 5.75 Å². The number of benzene rings is 2. The van der Waals surface area contributed by atoms with E-state index in [1.807, 2.05) is 31.2 Å². The Bertz CT molecular complexity index is 1050. The molecule has 1 heterocycles. The first kappa shape index (κ1) is 21.4. The molecule has 3 rings (SSSR count). The predicted octanol–water partition coefficient (Wildman–Crippen LogP) is 4.49. The molecule has 6 nitrogen and oxygen atoms in total. The van der Waals surface area contributed by atoms with Crippen molar-refractivity contribution in [1.29, 1.82) is 0 Å². The van der Waals surface area contributed by atoms with E-state index in [4.69, 9.17) is 9.47 Å². The van der Waals surface area contributed by atoms with Crippen LogP contribution in [0.15, 0.2) is 47.8 Å². The number of hydrogen-bond acceptors (Lipinski definition) is 6. The van der Waals surface area contributed by atoms with Gasteiger partial charge in [0.25, 0.3) is 5.91 Å². The van der Waals surface area contributed by atoms with E-state index >= 15 is 0 Å². The summed E-state index contributed by atoms with van der Waals surface area (Å²) in [6, 6.07) is 10.2. The number of thiazole rings is 1. The Morgan fingerprint density at radius 3 is 2.63 bits per heavy atom. The monoisotopic (exact) mass is 432 g/mol. The second-order valence-corrected chi connectivity index (χ2v) is 7.33. The fourth-order valence-corrected chi connectivity index (χ4v) is 3.03. The summed E-state index contributed by atoms with van der Waals surface area (Å²) in [5.41, 5.74) is 0.797. The molecule has 0 radical (unpaired) electrons. The molecule has 1 aromatic heterocycles. The Kier molecular flexibility index (Phi) is 6.73. The highest BCUT2D eigenvalue weighted by atomic mass is 32.1. The van der Waals surface area contributed by atoms with Gasteiger partial charge in [0.05, 0.1) is 5.69 Å². The quantitative estimate of drug-likeness (QED) is 0.557. The van der Waals surface area contributed by atoms with Gasteiger partial charge in [-0.05, 0) is 38.1 Å². The number of nitrogens with one attached hydrogen (secondary N) is 1. The number of esters is 1. The van der Waals surface area contributed by atoms with Crippen LogP contribution in [0.3, 0.4) is 0 Å². The highest BCUT2D eigenvalue weighted by molar-refractivity contribution is 7.09. The van der Waals surface area contributed by atoms with Crippen LogP contribution in [-0.2, 0) is 16.1 Å². The summed E-state index contributed by atoms with van der Waals surface area (Å²) in [5.74, 6) is -2.45. The number of amides is 1. The third-order valence-corrected chi connectivity index (χ3v) is 4.81. The largest absolute Gasteiger partial charge is 0.486 e. The topological polar surface area (TPSA) is 77.5 Å². The van der Waals surface area contributed by atoms with Crippen LogP contribution < -0.4 is 10.1 Å². The van der Waals surface area contributed by atoms with Crippen LogP contribution in [0.4, 0.5) is 14.5 Å². The molecule has 9 heteroatoms. The number of ether oxygens (including phenoxy) is 2. The number of aryl methyl sites for hydroxylation is 1. The fourth-order valence-electron chi connectivity index (χ4n) is 2.35. The van der Waals surface area contributed by atoms with Crippen LogP contribution >= 0.6 is 11.3 Å². The Morgan fingerprint density at radius 2 is 1.90 bits per heavy atom. The number of hydrogen-bond donors (Lipinski definition) is 1. The lowest BCUT2D eigenvalue weighted by Gasteiger charge is -2.13. The summed E-state index contributed by atoms with van der Waals surface area (Å²) in [6.07, 6.45) is -1.24. The molecule has 30 heavy (non-hydrogen) atoms. The van der Waals surface area contributed by atoms with Gasteiger partial charge >= 0.3 is 5.97 Å². The minimum absolute atomic E-state index is 0.0269. The molecule has 0 saturated carbocycles. The Morgan fingerprint density at radius 1 is 1.17 bits per heavy atom. The van der Waals surface area contributed by atoms with Crippen molar-refractivity contribution in [3.63, 3.8) is 0 Å². The molecule has 0 bridgehead atoms. The van der Waals surface area contributed by atoms with Gasteiger partial charge < -0.3 is 14.8 Å². The van der Waals surface area contributed by atoms with Gasteiger partial charge in [0.2, 0.25) is 0 Å². The van der Waals surface area contributed by atoms with E-state index in [-0.39, 0.29) is 18.0 Å². The number of aromatic nitrogens is 1. The first-order valence-corrected chi connectivity index (χ1v) is 9.80. The van der Waals surface area contributed by atoms with Gasteiger partial charge in [-0.25, -0.2) is 18.6 Å². The molecular formula is C21H18F2N2O4S. The molecule has 0 fully saturated rings. The first-order valence-electron chi connectivity index (χ1n) is 8.92. The standard InChI is InChI=1S/C21H18F2N2O4S/c1-12-3-6-15(7-4-12)28-10-19-24-18(11-30-19)21(27)29-13(2)20(26)25-17-9-14(22)5-8-16(17)23/h3-9,11,13H,10H2,1-2H3,(H,25,26). The summed E-state index contributed by atoms with van der Waals surface area (Å²) in [6.45, 7) is 3.46. The van der Waals surface area contributed by atoms with Crippen molar-refractivity contribution >= 4 is 28.9 Å². The van der Waals surface area contributed by atoms with Gasteiger partial charge in [-0.3, -0.25) is 4.79 Å². The van der Waals surface area contributed by atoms with Gasteiger partial charge in [0, 0.05) is 11.4 Å². The van der Waals surface area contributed by atoms with Crippen LogP contribution in [0.1, 0.15) is 28.0 Å². The number of anilines is 1. The first-order chi connectivity index (χ1) is 14.3. The Hall–Kier alpha value is -3.33. The second kappa shape index (κ2) is 9.45. The molecule has 3 aromatic rings. The number of carbonyl (C=O) groups is 2. The zero-order valence-corrected chi connectivity index (χ0v) is 17.0. The average Bonchev–Trinajstić information content (AvgIpc) is 3.19.